The zero-order valence-electron chi connectivity index (χ0n) is 14.7. The highest BCUT2D eigenvalue weighted by atomic mass is 35.5. The Labute approximate surface area is 158 Å². The summed E-state index contributed by atoms with van der Waals surface area (Å²) < 4.78 is 0. The van der Waals surface area contributed by atoms with Crippen LogP contribution in [0.2, 0.25) is 5.02 Å². The van der Waals surface area contributed by atoms with Crippen LogP contribution in [0, 0.1) is 6.92 Å². The van der Waals surface area contributed by atoms with Gasteiger partial charge >= 0.3 is 0 Å². The molecule has 1 N–H and O–H groups in total. The zero-order chi connectivity index (χ0) is 18.5. The number of carbonyl (C=O) groups excluding carboxylic acids is 1. The Kier molecular flexibility index (Phi) is 5.54. The molecule has 132 valence electrons. The molecule has 2 aromatic carbocycles. The molecular weight excluding hydrogens is 346 g/mol. The van der Waals surface area contributed by atoms with E-state index >= 15 is 0 Å². The van der Waals surface area contributed by atoms with Crippen LogP contribution < -0.4 is 5.32 Å². The topological polar surface area (TPSA) is 45.2 Å². The molecule has 0 aliphatic rings. The molecule has 0 fully saturated rings. The van der Waals surface area contributed by atoms with Crippen molar-refractivity contribution in [3.05, 3.63) is 88.7 Å². The standard InChI is InChI=1S/C21H20ClN3O/c1-15-8-9-18(22)11-20(15)24-19-10-17(12-23-13-19)21(26)25(2)14-16-6-4-3-5-7-16/h3-13,24H,14H2,1-2H3. The SMILES string of the molecule is Cc1ccc(Cl)cc1Nc1cncc(C(=O)N(C)Cc2ccccc2)c1. The maximum absolute atomic E-state index is 12.7. The van der Waals surface area contributed by atoms with Crippen molar-refractivity contribution in [2.75, 3.05) is 12.4 Å². The Morgan fingerprint density at radius 1 is 1.12 bits per heavy atom. The minimum atomic E-state index is -0.0761. The molecule has 0 aliphatic carbocycles. The summed E-state index contributed by atoms with van der Waals surface area (Å²) in [6, 6.07) is 17.3. The molecular formula is C21H20ClN3O. The molecule has 26 heavy (non-hydrogen) atoms. The predicted molar refractivity (Wildman–Crippen MR) is 106 cm³/mol. The van der Waals surface area contributed by atoms with E-state index in [0.717, 1.165) is 22.5 Å². The third kappa shape index (κ3) is 4.41. The second-order valence-electron chi connectivity index (χ2n) is 6.19. The molecule has 0 saturated carbocycles. The van der Waals surface area contributed by atoms with Crippen LogP contribution in [0.4, 0.5) is 11.4 Å². The number of aryl methyl sites for hydroxylation is 1. The van der Waals surface area contributed by atoms with Crippen molar-refractivity contribution in [3.63, 3.8) is 0 Å². The molecule has 0 atom stereocenters. The van der Waals surface area contributed by atoms with Gasteiger partial charge in [0.15, 0.2) is 0 Å². The van der Waals surface area contributed by atoms with E-state index in [1.54, 1.807) is 30.4 Å². The lowest BCUT2D eigenvalue weighted by Gasteiger charge is -2.18. The number of halogens is 1. The second kappa shape index (κ2) is 8.02. The minimum absolute atomic E-state index is 0.0761. The third-order valence-electron chi connectivity index (χ3n) is 4.07. The molecule has 0 unspecified atom stereocenters. The van der Waals surface area contributed by atoms with Crippen molar-refractivity contribution in [2.45, 2.75) is 13.5 Å². The number of amides is 1. The van der Waals surface area contributed by atoms with Crippen LogP contribution in [0.5, 0.6) is 0 Å². The summed E-state index contributed by atoms with van der Waals surface area (Å²) in [6.45, 7) is 2.54. The van der Waals surface area contributed by atoms with Gasteiger partial charge in [0.1, 0.15) is 0 Å². The fourth-order valence-electron chi connectivity index (χ4n) is 2.66. The fraction of sp³-hybridized carbons (Fsp3) is 0.143. The lowest BCUT2D eigenvalue weighted by atomic mass is 10.1. The van der Waals surface area contributed by atoms with Gasteiger partial charge in [0.2, 0.25) is 0 Å². The number of hydrogen-bond acceptors (Lipinski definition) is 3. The average Bonchev–Trinajstić information content (AvgIpc) is 2.65. The van der Waals surface area contributed by atoms with Crippen LogP contribution in [0.15, 0.2) is 67.0 Å². The van der Waals surface area contributed by atoms with Gasteiger partial charge < -0.3 is 10.2 Å². The van der Waals surface area contributed by atoms with Gasteiger partial charge in [0.05, 0.1) is 17.4 Å². The number of nitrogens with one attached hydrogen (secondary N) is 1. The van der Waals surface area contributed by atoms with Crippen LogP contribution >= 0.6 is 11.6 Å². The zero-order valence-corrected chi connectivity index (χ0v) is 15.5. The lowest BCUT2D eigenvalue weighted by Crippen LogP contribution is -2.26. The van der Waals surface area contributed by atoms with Crippen LogP contribution in [-0.2, 0) is 6.54 Å². The van der Waals surface area contributed by atoms with E-state index in [0.29, 0.717) is 17.1 Å². The summed E-state index contributed by atoms with van der Waals surface area (Å²) in [5.74, 6) is -0.0761. The number of anilines is 2. The number of benzene rings is 2. The largest absolute Gasteiger partial charge is 0.354 e. The number of nitrogens with zero attached hydrogens (tertiary/aromatic N) is 2. The molecule has 0 aliphatic heterocycles. The maximum Gasteiger partial charge on any atom is 0.255 e. The van der Waals surface area contributed by atoms with Gasteiger partial charge in [-0.1, -0.05) is 48.0 Å². The van der Waals surface area contributed by atoms with E-state index in [1.807, 2.05) is 55.5 Å². The van der Waals surface area contributed by atoms with E-state index in [-0.39, 0.29) is 5.91 Å². The van der Waals surface area contributed by atoms with Gasteiger partial charge in [-0.15, -0.1) is 0 Å². The number of pyridine rings is 1. The second-order valence-corrected chi connectivity index (χ2v) is 6.63. The number of aromatic nitrogens is 1. The Balaban J connectivity index is 1.76. The highest BCUT2D eigenvalue weighted by Crippen LogP contribution is 2.24. The summed E-state index contributed by atoms with van der Waals surface area (Å²) in [4.78, 5) is 18.6. The summed E-state index contributed by atoms with van der Waals surface area (Å²) >= 11 is 6.07. The monoisotopic (exact) mass is 365 g/mol. The van der Waals surface area contributed by atoms with Gasteiger partial charge in [-0.25, -0.2) is 0 Å². The van der Waals surface area contributed by atoms with Crippen molar-refractivity contribution in [1.82, 2.24) is 9.88 Å². The molecule has 0 bridgehead atoms. The third-order valence-corrected chi connectivity index (χ3v) is 4.31. The first-order valence-corrected chi connectivity index (χ1v) is 8.68. The number of hydrogen-bond donors (Lipinski definition) is 1. The lowest BCUT2D eigenvalue weighted by molar-refractivity contribution is 0.0784. The van der Waals surface area contributed by atoms with Crippen LogP contribution in [-0.4, -0.2) is 22.8 Å². The highest BCUT2D eigenvalue weighted by Gasteiger charge is 2.13. The van der Waals surface area contributed by atoms with E-state index < -0.39 is 0 Å². The van der Waals surface area contributed by atoms with Crippen LogP contribution in [0.1, 0.15) is 21.5 Å². The van der Waals surface area contributed by atoms with Gasteiger partial charge in [-0.2, -0.15) is 0 Å². The van der Waals surface area contributed by atoms with E-state index in [1.165, 1.54) is 0 Å². The highest BCUT2D eigenvalue weighted by molar-refractivity contribution is 6.30. The molecule has 0 radical (unpaired) electrons. The van der Waals surface area contributed by atoms with E-state index in [9.17, 15) is 4.79 Å². The van der Waals surface area contributed by atoms with Gasteiger partial charge in [0, 0.05) is 30.5 Å². The van der Waals surface area contributed by atoms with Crippen molar-refractivity contribution >= 4 is 28.9 Å². The van der Waals surface area contributed by atoms with Crippen LogP contribution in [0.25, 0.3) is 0 Å². The van der Waals surface area contributed by atoms with Gasteiger partial charge in [-0.05, 0) is 36.2 Å². The Bertz CT molecular complexity index is 912. The molecule has 1 heterocycles. The normalized spacial score (nSPS) is 10.4. The number of carbonyl (C=O) groups is 1. The molecule has 0 saturated heterocycles. The molecule has 4 nitrogen and oxygen atoms in total. The average molecular weight is 366 g/mol. The predicted octanol–water partition coefficient (Wildman–Crippen LogP) is 5.06. The maximum atomic E-state index is 12.7. The van der Waals surface area contributed by atoms with Crippen molar-refractivity contribution in [2.24, 2.45) is 0 Å². The van der Waals surface area contributed by atoms with Gasteiger partial charge in [0.25, 0.3) is 5.91 Å². The van der Waals surface area contributed by atoms with Crippen molar-refractivity contribution in [3.8, 4) is 0 Å². The first kappa shape index (κ1) is 18.0. The first-order chi connectivity index (χ1) is 12.5. The first-order valence-electron chi connectivity index (χ1n) is 8.30. The fourth-order valence-corrected chi connectivity index (χ4v) is 2.83. The molecule has 3 rings (SSSR count). The Morgan fingerprint density at radius 2 is 1.88 bits per heavy atom. The van der Waals surface area contributed by atoms with E-state index in [4.69, 9.17) is 11.6 Å². The molecule has 1 amide bonds. The Hall–Kier alpha value is -2.85. The summed E-state index contributed by atoms with van der Waals surface area (Å²) in [7, 11) is 1.79. The molecule has 5 heteroatoms. The summed E-state index contributed by atoms with van der Waals surface area (Å²) in [5, 5.41) is 3.93. The Morgan fingerprint density at radius 3 is 2.65 bits per heavy atom. The van der Waals surface area contributed by atoms with E-state index in [2.05, 4.69) is 10.3 Å². The summed E-state index contributed by atoms with van der Waals surface area (Å²) in [6.07, 6.45) is 3.27. The molecule has 3 aromatic rings. The molecule has 0 spiro atoms. The van der Waals surface area contributed by atoms with Gasteiger partial charge in [-0.3, -0.25) is 9.78 Å². The minimum Gasteiger partial charge on any atom is -0.354 e. The summed E-state index contributed by atoms with van der Waals surface area (Å²) in [5.41, 5.74) is 4.32. The van der Waals surface area contributed by atoms with Crippen molar-refractivity contribution < 1.29 is 4.79 Å². The molecule has 1 aromatic heterocycles. The number of rotatable bonds is 5. The quantitative estimate of drug-likeness (QED) is 0.687. The van der Waals surface area contributed by atoms with Crippen molar-refractivity contribution in [1.29, 1.82) is 0 Å². The van der Waals surface area contributed by atoms with Crippen LogP contribution in [0.3, 0.4) is 0 Å². The smallest absolute Gasteiger partial charge is 0.255 e.